The fourth-order valence-corrected chi connectivity index (χ4v) is 4.18. The highest BCUT2D eigenvalue weighted by atomic mass is 32.1. The van der Waals surface area contributed by atoms with Crippen molar-refractivity contribution in [3.8, 4) is 16.9 Å². The quantitative estimate of drug-likeness (QED) is 0.474. The monoisotopic (exact) mass is 290 g/mol. The molecule has 1 heterocycles. The van der Waals surface area contributed by atoms with E-state index in [4.69, 9.17) is 0 Å². The van der Waals surface area contributed by atoms with Crippen molar-refractivity contribution in [3.63, 3.8) is 0 Å². The molecule has 0 amide bonds. The second-order valence-corrected chi connectivity index (χ2v) is 6.31. The smallest absolute Gasteiger partial charge is 0.116 e. The molecule has 0 fully saturated rings. The molecule has 4 rings (SSSR count). The van der Waals surface area contributed by atoms with Crippen molar-refractivity contribution < 1.29 is 5.11 Å². The first-order chi connectivity index (χ1) is 10.2. The molecular weight excluding hydrogens is 276 g/mol. The van der Waals surface area contributed by atoms with Crippen LogP contribution in [0.3, 0.4) is 0 Å². The van der Waals surface area contributed by atoms with Crippen LogP contribution in [0, 0.1) is 6.92 Å². The van der Waals surface area contributed by atoms with Crippen molar-refractivity contribution in [3.05, 3.63) is 66.2 Å². The number of hydrogen-bond donors (Lipinski definition) is 1. The number of benzene rings is 3. The molecule has 0 saturated carbocycles. The number of phenols is 1. The minimum Gasteiger partial charge on any atom is -0.508 e. The molecule has 0 unspecified atom stereocenters. The lowest BCUT2D eigenvalue weighted by Gasteiger charge is -2.02. The van der Waals surface area contributed by atoms with E-state index in [9.17, 15) is 5.11 Å². The van der Waals surface area contributed by atoms with Crippen molar-refractivity contribution in [2.45, 2.75) is 6.92 Å². The first-order valence-electron chi connectivity index (χ1n) is 6.94. The summed E-state index contributed by atoms with van der Waals surface area (Å²) < 4.78 is 2.54. The van der Waals surface area contributed by atoms with Crippen molar-refractivity contribution >= 4 is 31.5 Å². The molecule has 0 aliphatic carbocycles. The molecule has 3 aromatic carbocycles. The van der Waals surface area contributed by atoms with Crippen LogP contribution in [0.1, 0.15) is 5.56 Å². The molecule has 0 atom stereocenters. The van der Waals surface area contributed by atoms with Crippen LogP contribution in [0.5, 0.6) is 5.75 Å². The summed E-state index contributed by atoms with van der Waals surface area (Å²) in [6.07, 6.45) is 0. The molecule has 0 bridgehead atoms. The van der Waals surface area contributed by atoms with E-state index in [-0.39, 0.29) is 0 Å². The minimum absolute atomic E-state index is 0.338. The topological polar surface area (TPSA) is 20.2 Å². The average molecular weight is 290 g/mol. The number of thiophene rings is 1. The van der Waals surface area contributed by atoms with E-state index >= 15 is 0 Å². The Morgan fingerprint density at radius 1 is 0.810 bits per heavy atom. The predicted octanol–water partition coefficient (Wildman–Crippen LogP) is 5.74. The normalized spacial score (nSPS) is 11.3. The average Bonchev–Trinajstić information content (AvgIpc) is 2.87. The summed E-state index contributed by atoms with van der Waals surface area (Å²) in [4.78, 5) is 0. The van der Waals surface area contributed by atoms with Gasteiger partial charge in [0.15, 0.2) is 0 Å². The maximum absolute atomic E-state index is 9.88. The van der Waals surface area contributed by atoms with Gasteiger partial charge in [-0.25, -0.2) is 0 Å². The highest BCUT2D eigenvalue weighted by molar-refractivity contribution is 7.26. The van der Waals surface area contributed by atoms with E-state index in [0.29, 0.717) is 5.75 Å². The van der Waals surface area contributed by atoms with Crippen LogP contribution in [0.15, 0.2) is 60.7 Å². The molecule has 1 nitrogen and oxygen atoms in total. The molecule has 0 aliphatic heterocycles. The maximum Gasteiger partial charge on any atom is 0.116 e. The first kappa shape index (κ1) is 12.4. The molecule has 0 aliphatic rings. The zero-order valence-corrected chi connectivity index (χ0v) is 12.4. The van der Waals surface area contributed by atoms with E-state index < -0.39 is 0 Å². The molecule has 102 valence electrons. The van der Waals surface area contributed by atoms with Crippen LogP contribution in [0.2, 0.25) is 0 Å². The Balaban J connectivity index is 2.14. The molecule has 2 heteroatoms. The van der Waals surface area contributed by atoms with Gasteiger partial charge in [0.25, 0.3) is 0 Å². The summed E-state index contributed by atoms with van der Waals surface area (Å²) >= 11 is 1.81. The van der Waals surface area contributed by atoms with E-state index in [2.05, 4.69) is 49.4 Å². The van der Waals surface area contributed by atoms with Gasteiger partial charge in [-0.05, 0) is 35.7 Å². The summed E-state index contributed by atoms with van der Waals surface area (Å²) in [5.74, 6) is 0.338. The van der Waals surface area contributed by atoms with Crippen molar-refractivity contribution in [1.82, 2.24) is 0 Å². The van der Waals surface area contributed by atoms with Gasteiger partial charge in [0, 0.05) is 20.2 Å². The number of aryl methyl sites for hydroxylation is 1. The molecular formula is C19H14OS. The lowest BCUT2D eigenvalue weighted by Crippen LogP contribution is -1.77. The summed E-state index contributed by atoms with van der Waals surface area (Å²) in [7, 11) is 0. The van der Waals surface area contributed by atoms with Crippen molar-refractivity contribution in [1.29, 1.82) is 0 Å². The first-order valence-corrected chi connectivity index (χ1v) is 7.76. The van der Waals surface area contributed by atoms with E-state index in [1.165, 1.54) is 25.9 Å². The molecule has 1 aromatic heterocycles. The SMILES string of the molecule is Cc1cc(O)cc2c1sc1c(-c3ccccc3)cccc12. The number of phenolic OH excluding ortho intramolecular Hbond substituents is 1. The largest absolute Gasteiger partial charge is 0.508 e. The lowest BCUT2D eigenvalue weighted by molar-refractivity contribution is 0.476. The van der Waals surface area contributed by atoms with Crippen LogP contribution in [0.25, 0.3) is 31.3 Å². The van der Waals surface area contributed by atoms with Crippen molar-refractivity contribution in [2.75, 3.05) is 0 Å². The zero-order valence-electron chi connectivity index (χ0n) is 11.6. The van der Waals surface area contributed by atoms with Gasteiger partial charge in [-0.15, -0.1) is 11.3 Å². The van der Waals surface area contributed by atoms with Gasteiger partial charge < -0.3 is 5.11 Å². The Morgan fingerprint density at radius 3 is 2.43 bits per heavy atom. The third-order valence-electron chi connectivity index (χ3n) is 3.85. The van der Waals surface area contributed by atoms with Crippen LogP contribution >= 0.6 is 11.3 Å². The summed E-state index contributed by atoms with van der Waals surface area (Å²) in [6.45, 7) is 2.06. The van der Waals surface area contributed by atoms with Gasteiger partial charge in [0.1, 0.15) is 5.75 Å². The molecule has 0 spiro atoms. The molecule has 21 heavy (non-hydrogen) atoms. The number of fused-ring (bicyclic) bond motifs is 3. The van der Waals surface area contributed by atoms with Crippen LogP contribution in [-0.2, 0) is 0 Å². The highest BCUT2D eigenvalue weighted by Gasteiger charge is 2.12. The molecule has 0 radical (unpaired) electrons. The van der Waals surface area contributed by atoms with Crippen LogP contribution in [0.4, 0.5) is 0 Å². The minimum atomic E-state index is 0.338. The third-order valence-corrected chi connectivity index (χ3v) is 5.24. The van der Waals surface area contributed by atoms with Crippen molar-refractivity contribution in [2.24, 2.45) is 0 Å². The van der Waals surface area contributed by atoms with Gasteiger partial charge >= 0.3 is 0 Å². The van der Waals surface area contributed by atoms with Gasteiger partial charge in [-0.2, -0.15) is 0 Å². The summed E-state index contributed by atoms with van der Waals surface area (Å²) in [5, 5.41) is 12.2. The molecule has 4 aromatic rings. The maximum atomic E-state index is 9.88. The Labute approximate surface area is 127 Å². The van der Waals surface area contributed by atoms with Crippen LogP contribution < -0.4 is 0 Å². The Kier molecular flexibility index (Phi) is 2.72. The standard InChI is InChI=1S/C19H14OS/c1-12-10-14(20)11-17-16-9-5-8-15(19(16)21-18(12)17)13-6-3-2-4-7-13/h2-11,20H,1H3. The fraction of sp³-hybridized carbons (Fsp3) is 0.0526. The lowest BCUT2D eigenvalue weighted by atomic mass is 10.0. The second kappa shape index (κ2) is 4.61. The summed E-state index contributed by atoms with van der Waals surface area (Å²) in [6, 6.07) is 20.6. The zero-order chi connectivity index (χ0) is 14.4. The predicted molar refractivity (Wildman–Crippen MR) is 91.2 cm³/mol. The van der Waals surface area contributed by atoms with Gasteiger partial charge in [0.2, 0.25) is 0 Å². The highest BCUT2D eigenvalue weighted by Crippen LogP contribution is 2.42. The number of aromatic hydroxyl groups is 1. The van der Waals surface area contributed by atoms with Gasteiger partial charge in [-0.3, -0.25) is 0 Å². The summed E-state index contributed by atoms with van der Waals surface area (Å²) in [5.41, 5.74) is 3.62. The van der Waals surface area contributed by atoms with E-state index in [1.807, 2.05) is 29.5 Å². The second-order valence-electron chi connectivity index (χ2n) is 5.29. The van der Waals surface area contributed by atoms with Crippen LogP contribution in [-0.4, -0.2) is 5.11 Å². The van der Waals surface area contributed by atoms with E-state index in [0.717, 1.165) is 10.9 Å². The number of rotatable bonds is 1. The van der Waals surface area contributed by atoms with E-state index in [1.54, 1.807) is 0 Å². The van der Waals surface area contributed by atoms with Gasteiger partial charge in [0.05, 0.1) is 0 Å². The Bertz CT molecular complexity index is 952. The fourth-order valence-electron chi connectivity index (χ4n) is 2.90. The molecule has 1 N–H and O–H groups in total. The molecule has 0 saturated heterocycles. The number of hydrogen-bond acceptors (Lipinski definition) is 2. The Morgan fingerprint density at radius 2 is 1.62 bits per heavy atom. The Hall–Kier alpha value is -2.32. The van der Waals surface area contributed by atoms with Gasteiger partial charge in [-0.1, -0.05) is 48.5 Å². The third kappa shape index (κ3) is 1.91.